The highest BCUT2D eigenvalue weighted by molar-refractivity contribution is 6.06. The molecule has 0 spiro atoms. The molecule has 0 bridgehead atoms. The van der Waals surface area contributed by atoms with E-state index >= 15 is 0 Å². The molecule has 0 fully saturated rings. The van der Waals surface area contributed by atoms with E-state index in [1.165, 1.54) is 10.1 Å². The lowest BCUT2D eigenvalue weighted by molar-refractivity contribution is 0.0950. The normalized spacial score (nSPS) is 11.1. The smallest absolute Gasteiger partial charge is 0.262 e. The average molecular weight is 338 g/mol. The molecule has 2 heterocycles. The molecule has 0 unspecified atom stereocenters. The number of furan rings is 1. The molecule has 1 aromatic carbocycles. The summed E-state index contributed by atoms with van der Waals surface area (Å²) in [6.45, 7) is 8.25. The van der Waals surface area contributed by atoms with E-state index in [0.29, 0.717) is 28.8 Å². The van der Waals surface area contributed by atoms with Crippen LogP contribution >= 0.6 is 0 Å². The molecule has 3 rings (SSSR count). The molecule has 1 N–H and O–H groups in total. The number of aromatic nitrogens is 1. The van der Waals surface area contributed by atoms with Crippen molar-refractivity contribution in [2.24, 2.45) is 7.05 Å². The summed E-state index contributed by atoms with van der Waals surface area (Å²) in [6, 6.07) is 5.90. The Labute approximate surface area is 146 Å². The van der Waals surface area contributed by atoms with Crippen LogP contribution in [0.4, 0.5) is 0 Å². The Hall–Kier alpha value is -2.82. The molecule has 0 saturated heterocycles. The van der Waals surface area contributed by atoms with Crippen molar-refractivity contribution in [1.29, 1.82) is 0 Å². The third kappa shape index (κ3) is 2.97. The van der Waals surface area contributed by atoms with Gasteiger partial charge in [-0.05, 0) is 50.5 Å². The number of fused-ring (bicyclic) bond motifs is 1. The van der Waals surface area contributed by atoms with E-state index in [9.17, 15) is 9.59 Å². The minimum atomic E-state index is -0.293. The number of carbonyl (C=O) groups excluding carboxylic acids is 1. The van der Waals surface area contributed by atoms with Crippen LogP contribution in [0, 0.1) is 27.7 Å². The van der Waals surface area contributed by atoms with Gasteiger partial charge in [0.05, 0.1) is 10.9 Å². The Kier molecular flexibility index (Phi) is 4.25. The van der Waals surface area contributed by atoms with Crippen LogP contribution in [0.1, 0.15) is 38.4 Å². The molecule has 0 radical (unpaired) electrons. The summed E-state index contributed by atoms with van der Waals surface area (Å²) >= 11 is 0. The van der Waals surface area contributed by atoms with Crippen molar-refractivity contribution < 1.29 is 9.21 Å². The summed E-state index contributed by atoms with van der Waals surface area (Å²) in [4.78, 5) is 25.2. The fourth-order valence-electron chi connectivity index (χ4n) is 3.34. The number of hydrogen-bond donors (Lipinski definition) is 1. The zero-order valence-corrected chi connectivity index (χ0v) is 15.2. The molecular formula is C20H22N2O3. The second kappa shape index (κ2) is 6.24. The van der Waals surface area contributed by atoms with E-state index < -0.39 is 0 Å². The maximum absolute atomic E-state index is 12.7. The van der Waals surface area contributed by atoms with E-state index in [-0.39, 0.29) is 11.5 Å². The predicted molar refractivity (Wildman–Crippen MR) is 98.0 cm³/mol. The predicted octanol–water partition coefficient (Wildman–Crippen LogP) is 3.30. The number of amides is 1. The Morgan fingerprint density at radius 3 is 2.44 bits per heavy atom. The first-order valence-corrected chi connectivity index (χ1v) is 8.23. The third-order valence-corrected chi connectivity index (χ3v) is 4.59. The number of benzene rings is 1. The molecular weight excluding hydrogens is 316 g/mol. The molecule has 5 nitrogen and oxygen atoms in total. The number of nitrogens with zero attached hydrogens (tertiary/aromatic N) is 1. The van der Waals surface area contributed by atoms with Gasteiger partial charge in [-0.3, -0.25) is 9.59 Å². The second-order valence-corrected chi connectivity index (χ2v) is 6.56. The van der Waals surface area contributed by atoms with Gasteiger partial charge in [0.1, 0.15) is 11.3 Å². The quantitative estimate of drug-likeness (QED) is 0.797. The molecule has 0 aliphatic carbocycles. The van der Waals surface area contributed by atoms with Crippen molar-refractivity contribution in [3.63, 3.8) is 0 Å². The summed E-state index contributed by atoms with van der Waals surface area (Å²) < 4.78 is 7.04. The molecule has 130 valence electrons. The van der Waals surface area contributed by atoms with Crippen molar-refractivity contribution in [3.8, 4) is 0 Å². The zero-order valence-electron chi connectivity index (χ0n) is 15.2. The highest BCUT2D eigenvalue weighted by Crippen LogP contribution is 2.23. The topological polar surface area (TPSA) is 64.2 Å². The lowest BCUT2D eigenvalue weighted by Gasteiger charge is -2.12. The van der Waals surface area contributed by atoms with Gasteiger partial charge in [0, 0.05) is 19.8 Å². The lowest BCUT2D eigenvalue weighted by atomic mass is 9.99. The van der Waals surface area contributed by atoms with E-state index in [4.69, 9.17) is 4.42 Å². The third-order valence-electron chi connectivity index (χ3n) is 4.59. The minimum Gasteiger partial charge on any atom is -0.460 e. The molecule has 0 atom stereocenters. The SMILES string of the molecule is Cc1cc(C)c(CNC(=O)c2c(C)oc3ccn(C)c(=O)c23)c(C)c1. The molecule has 3 aromatic rings. The van der Waals surface area contributed by atoms with Crippen molar-refractivity contribution >= 4 is 16.9 Å². The number of carbonyl (C=O) groups is 1. The Bertz CT molecular complexity index is 1020. The van der Waals surface area contributed by atoms with E-state index in [2.05, 4.69) is 24.4 Å². The van der Waals surface area contributed by atoms with Crippen LogP contribution in [0.3, 0.4) is 0 Å². The molecule has 0 aliphatic heterocycles. The van der Waals surface area contributed by atoms with E-state index in [1.54, 1.807) is 26.2 Å². The largest absolute Gasteiger partial charge is 0.460 e. The first-order chi connectivity index (χ1) is 11.8. The first kappa shape index (κ1) is 17.0. The lowest BCUT2D eigenvalue weighted by Crippen LogP contribution is -2.26. The molecule has 2 aromatic heterocycles. The number of rotatable bonds is 3. The second-order valence-electron chi connectivity index (χ2n) is 6.56. The van der Waals surface area contributed by atoms with Crippen LogP contribution in [-0.4, -0.2) is 10.5 Å². The number of aryl methyl sites for hydroxylation is 5. The minimum absolute atomic E-state index is 0.234. The van der Waals surface area contributed by atoms with Gasteiger partial charge in [0.2, 0.25) is 0 Å². The van der Waals surface area contributed by atoms with Gasteiger partial charge < -0.3 is 14.3 Å². The highest BCUT2D eigenvalue weighted by Gasteiger charge is 2.21. The Balaban J connectivity index is 1.95. The number of nitrogens with one attached hydrogen (secondary N) is 1. The van der Waals surface area contributed by atoms with Gasteiger partial charge >= 0.3 is 0 Å². The summed E-state index contributed by atoms with van der Waals surface area (Å²) in [5.41, 5.74) is 5.10. The van der Waals surface area contributed by atoms with Crippen LogP contribution in [0.25, 0.3) is 11.0 Å². The summed E-state index contributed by atoms with van der Waals surface area (Å²) in [6.07, 6.45) is 1.63. The Morgan fingerprint density at radius 2 is 1.80 bits per heavy atom. The first-order valence-electron chi connectivity index (χ1n) is 8.23. The molecule has 0 aliphatic rings. The maximum atomic E-state index is 12.7. The fourth-order valence-corrected chi connectivity index (χ4v) is 3.34. The monoisotopic (exact) mass is 338 g/mol. The van der Waals surface area contributed by atoms with Crippen LogP contribution in [0.15, 0.2) is 33.6 Å². The van der Waals surface area contributed by atoms with Gasteiger partial charge in [0.15, 0.2) is 0 Å². The van der Waals surface area contributed by atoms with Crippen molar-refractivity contribution in [1.82, 2.24) is 9.88 Å². The average Bonchev–Trinajstić information content (AvgIpc) is 2.86. The summed E-state index contributed by atoms with van der Waals surface area (Å²) in [7, 11) is 1.66. The van der Waals surface area contributed by atoms with Crippen LogP contribution < -0.4 is 10.9 Å². The van der Waals surface area contributed by atoms with E-state index in [0.717, 1.165) is 16.7 Å². The zero-order chi connectivity index (χ0) is 18.3. The Morgan fingerprint density at radius 1 is 1.16 bits per heavy atom. The molecule has 1 amide bonds. The van der Waals surface area contributed by atoms with Crippen molar-refractivity contribution in [3.05, 3.63) is 68.3 Å². The maximum Gasteiger partial charge on any atom is 0.262 e. The molecule has 5 heteroatoms. The number of pyridine rings is 1. The van der Waals surface area contributed by atoms with Gasteiger partial charge in [-0.1, -0.05) is 17.7 Å². The molecule has 0 saturated carbocycles. The van der Waals surface area contributed by atoms with Crippen molar-refractivity contribution in [2.75, 3.05) is 0 Å². The molecule has 25 heavy (non-hydrogen) atoms. The fraction of sp³-hybridized carbons (Fsp3) is 0.300. The van der Waals surface area contributed by atoms with E-state index in [1.807, 2.05) is 13.8 Å². The van der Waals surface area contributed by atoms with Crippen LogP contribution in [0.5, 0.6) is 0 Å². The number of hydrogen-bond acceptors (Lipinski definition) is 3. The van der Waals surface area contributed by atoms with Crippen LogP contribution in [-0.2, 0) is 13.6 Å². The highest BCUT2D eigenvalue weighted by atomic mass is 16.3. The summed E-state index contributed by atoms with van der Waals surface area (Å²) in [5, 5.41) is 3.27. The van der Waals surface area contributed by atoms with Gasteiger partial charge in [-0.2, -0.15) is 0 Å². The van der Waals surface area contributed by atoms with Gasteiger partial charge in [-0.15, -0.1) is 0 Å². The van der Waals surface area contributed by atoms with Gasteiger partial charge in [-0.25, -0.2) is 0 Å². The van der Waals surface area contributed by atoms with Crippen LogP contribution in [0.2, 0.25) is 0 Å². The summed E-state index contributed by atoms with van der Waals surface area (Å²) in [5.74, 6) is 0.159. The standard InChI is InChI=1S/C20H22N2O3/c1-11-8-12(2)15(13(3)9-11)10-21-19(23)17-14(4)25-16-6-7-22(5)20(24)18(16)17/h6-9H,10H2,1-5H3,(H,21,23). The van der Waals surface area contributed by atoms with Crippen molar-refractivity contribution in [2.45, 2.75) is 34.2 Å². The van der Waals surface area contributed by atoms with Gasteiger partial charge in [0.25, 0.3) is 11.5 Å².